The Morgan fingerprint density at radius 2 is 1.88 bits per heavy atom. The van der Waals surface area contributed by atoms with E-state index in [4.69, 9.17) is 5.73 Å². The van der Waals surface area contributed by atoms with Gasteiger partial charge in [0.15, 0.2) is 11.6 Å². The predicted molar refractivity (Wildman–Crippen MR) is 53.6 cm³/mol. The van der Waals surface area contributed by atoms with Gasteiger partial charge in [0.05, 0.1) is 0 Å². The number of hydrogen-bond acceptors (Lipinski definition) is 2. The third-order valence-corrected chi connectivity index (χ3v) is 2.27. The Morgan fingerprint density at radius 3 is 2.35 bits per heavy atom. The van der Waals surface area contributed by atoms with Crippen molar-refractivity contribution in [2.24, 2.45) is 5.73 Å². The van der Waals surface area contributed by atoms with E-state index < -0.39 is 36.2 Å². The van der Waals surface area contributed by atoms with E-state index in [0.717, 1.165) is 12.1 Å². The normalized spacial score (nSPS) is 13.6. The molecule has 1 aromatic carbocycles. The largest absolute Gasteiger partial charge is 0.476 e. The molecule has 0 saturated carbocycles. The topological polar surface area (TPSA) is 35.2 Å². The first-order valence-electron chi connectivity index (χ1n) is 4.33. The van der Waals surface area contributed by atoms with Gasteiger partial charge in [-0.25, -0.2) is 4.39 Å². The van der Waals surface area contributed by atoms with Crippen LogP contribution in [0.4, 0.5) is 22.0 Å². The molecule has 0 fully saturated rings. The first kappa shape index (κ1) is 14.2. The molecule has 0 radical (unpaired) electrons. The summed E-state index contributed by atoms with van der Waals surface area (Å²) >= 11 is 2.81. The molecule has 1 atom stereocenters. The first-order valence-corrected chi connectivity index (χ1v) is 5.13. The molecule has 96 valence electrons. The first-order chi connectivity index (χ1) is 7.75. The lowest BCUT2D eigenvalue weighted by Crippen LogP contribution is -2.41. The van der Waals surface area contributed by atoms with E-state index >= 15 is 0 Å². The van der Waals surface area contributed by atoms with Gasteiger partial charge in [-0.1, -0.05) is 15.9 Å². The van der Waals surface area contributed by atoms with Crippen molar-refractivity contribution in [3.8, 4) is 5.75 Å². The predicted octanol–water partition coefficient (Wildman–Crippen LogP) is 3.00. The van der Waals surface area contributed by atoms with Gasteiger partial charge in [-0.15, -0.1) is 0 Å². The average molecular weight is 320 g/mol. The van der Waals surface area contributed by atoms with Crippen molar-refractivity contribution in [1.82, 2.24) is 0 Å². The fourth-order valence-corrected chi connectivity index (χ4v) is 1.43. The molecule has 0 aliphatic carbocycles. The molecular formula is C9H7BrF5NO. The van der Waals surface area contributed by atoms with Crippen LogP contribution < -0.4 is 10.5 Å². The van der Waals surface area contributed by atoms with Gasteiger partial charge in [0.2, 0.25) is 11.9 Å². The number of benzene rings is 1. The molecular weight excluding hydrogens is 313 g/mol. The van der Waals surface area contributed by atoms with Crippen molar-refractivity contribution < 1.29 is 26.7 Å². The molecule has 0 bridgehead atoms. The van der Waals surface area contributed by atoms with E-state index in [1.165, 1.54) is 0 Å². The molecule has 2 N–H and O–H groups in total. The summed E-state index contributed by atoms with van der Waals surface area (Å²) in [4.78, 5) is 0. The third-order valence-electron chi connectivity index (χ3n) is 1.81. The van der Waals surface area contributed by atoms with Gasteiger partial charge in [-0.3, -0.25) is 0 Å². The second-order valence-corrected chi connectivity index (χ2v) is 4.00. The summed E-state index contributed by atoms with van der Waals surface area (Å²) in [7, 11) is 0. The Bertz CT molecular complexity index is 409. The van der Waals surface area contributed by atoms with E-state index in [-0.39, 0.29) is 4.47 Å². The van der Waals surface area contributed by atoms with Gasteiger partial charge >= 0.3 is 6.18 Å². The van der Waals surface area contributed by atoms with Crippen molar-refractivity contribution in [2.75, 3.05) is 6.54 Å². The van der Waals surface area contributed by atoms with Gasteiger partial charge in [0, 0.05) is 11.0 Å². The molecule has 0 aromatic heterocycles. The van der Waals surface area contributed by atoms with Crippen LogP contribution in [0.3, 0.4) is 0 Å². The quantitative estimate of drug-likeness (QED) is 0.686. The van der Waals surface area contributed by atoms with Crippen LogP contribution in [0.1, 0.15) is 0 Å². The lowest BCUT2D eigenvalue weighted by molar-refractivity contribution is -0.192. The molecule has 8 heteroatoms. The summed E-state index contributed by atoms with van der Waals surface area (Å²) in [5.74, 6) is -3.65. The van der Waals surface area contributed by atoms with Crippen LogP contribution in [0.5, 0.6) is 5.75 Å². The monoisotopic (exact) mass is 319 g/mol. The standard InChI is InChI=1S/C9H7BrF5NO/c10-4-1-5(11)8(12)6(2-4)17-7(3-16)9(13,14)15/h1-2,7H,3,16H2. The smallest absolute Gasteiger partial charge is 0.426 e. The van der Waals surface area contributed by atoms with Crippen LogP contribution in [-0.2, 0) is 0 Å². The van der Waals surface area contributed by atoms with Crippen LogP contribution in [0.15, 0.2) is 16.6 Å². The van der Waals surface area contributed by atoms with Crippen LogP contribution in [0.25, 0.3) is 0 Å². The number of alkyl halides is 3. The third kappa shape index (κ3) is 3.53. The maximum absolute atomic E-state index is 13.1. The zero-order valence-electron chi connectivity index (χ0n) is 8.19. The molecule has 1 aromatic rings. The van der Waals surface area contributed by atoms with Gasteiger partial charge in [0.1, 0.15) is 0 Å². The molecule has 0 amide bonds. The Hall–Kier alpha value is -0.890. The fourth-order valence-electron chi connectivity index (χ4n) is 1.02. The van der Waals surface area contributed by atoms with Crippen molar-refractivity contribution in [1.29, 1.82) is 0 Å². The maximum atomic E-state index is 13.1. The second kappa shape index (κ2) is 5.18. The van der Waals surface area contributed by atoms with E-state index in [1.54, 1.807) is 0 Å². The number of halogens is 6. The van der Waals surface area contributed by atoms with Gasteiger partial charge in [0.25, 0.3) is 0 Å². The van der Waals surface area contributed by atoms with E-state index in [2.05, 4.69) is 20.7 Å². The molecule has 17 heavy (non-hydrogen) atoms. The highest BCUT2D eigenvalue weighted by molar-refractivity contribution is 9.10. The molecule has 1 rings (SSSR count). The number of nitrogens with two attached hydrogens (primary N) is 1. The minimum absolute atomic E-state index is 0.0596. The minimum Gasteiger partial charge on any atom is -0.476 e. The van der Waals surface area contributed by atoms with E-state index in [0.29, 0.717) is 0 Å². The Labute approximate surface area is 102 Å². The summed E-state index contributed by atoms with van der Waals surface area (Å²) in [6.07, 6.45) is -7.13. The Kier molecular flexibility index (Phi) is 4.31. The molecule has 2 nitrogen and oxygen atoms in total. The highest BCUT2D eigenvalue weighted by atomic mass is 79.9. The van der Waals surface area contributed by atoms with Crippen molar-refractivity contribution in [3.63, 3.8) is 0 Å². The molecule has 0 aliphatic heterocycles. The highest BCUT2D eigenvalue weighted by Gasteiger charge is 2.41. The van der Waals surface area contributed by atoms with E-state index in [1.807, 2.05) is 0 Å². The highest BCUT2D eigenvalue weighted by Crippen LogP contribution is 2.29. The molecule has 0 saturated heterocycles. The molecule has 1 unspecified atom stereocenters. The van der Waals surface area contributed by atoms with Crippen LogP contribution in [-0.4, -0.2) is 18.8 Å². The Morgan fingerprint density at radius 1 is 1.29 bits per heavy atom. The van der Waals surface area contributed by atoms with E-state index in [9.17, 15) is 22.0 Å². The van der Waals surface area contributed by atoms with Crippen LogP contribution in [0.2, 0.25) is 0 Å². The minimum atomic E-state index is -4.75. The fraction of sp³-hybridized carbons (Fsp3) is 0.333. The summed E-state index contributed by atoms with van der Waals surface area (Å²) in [5.41, 5.74) is 4.86. The van der Waals surface area contributed by atoms with Crippen molar-refractivity contribution in [3.05, 3.63) is 28.2 Å². The number of rotatable bonds is 3. The Balaban J connectivity index is 3.02. The second-order valence-electron chi connectivity index (χ2n) is 3.08. The zero-order valence-corrected chi connectivity index (χ0v) is 9.78. The number of hydrogen-bond donors (Lipinski definition) is 1. The van der Waals surface area contributed by atoms with Crippen LogP contribution in [0, 0.1) is 11.6 Å². The molecule has 0 heterocycles. The SMILES string of the molecule is NCC(Oc1cc(Br)cc(F)c1F)C(F)(F)F. The van der Waals surface area contributed by atoms with Gasteiger partial charge in [-0.2, -0.15) is 17.6 Å². The lowest BCUT2D eigenvalue weighted by Gasteiger charge is -2.20. The van der Waals surface area contributed by atoms with Crippen molar-refractivity contribution in [2.45, 2.75) is 12.3 Å². The summed E-state index contributed by atoms with van der Waals surface area (Å²) < 4.78 is 67.3. The summed E-state index contributed by atoms with van der Waals surface area (Å²) in [6.45, 7) is -0.892. The molecule has 0 aliphatic rings. The van der Waals surface area contributed by atoms with Gasteiger partial charge < -0.3 is 10.5 Å². The zero-order chi connectivity index (χ0) is 13.2. The van der Waals surface area contributed by atoms with Gasteiger partial charge in [-0.05, 0) is 12.1 Å². The average Bonchev–Trinajstić information content (AvgIpc) is 2.19. The maximum Gasteiger partial charge on any atom is 0.426 e. The molecule has 0 spiro atoms. The summed E-state index contributed by atoms with van der Waals surface area (Å²) in [6, 6.07) is 1.67. The lowest BCUT2D eigenvalue weighted by atomic mass is 10.3. The van der Waals surface area contributed by atoms with Crippen molar-refractivity contribution >= 4 is 15.9 Å². The van der Waals surface area contributed by atoms with Crippen LogP contribution >= 0.6 is 15.9 Å². The number of ether oxygens (including phenoxy) is 1. The summed E-state index contributed by atoms with van der Waals surface area (Å²) in [5, 5.41) is 0.